The molecule has 194 valence electrons. The highest BCUT2D eigenvalue weighted by atomic mass is 32.1. The van der Waals surface area contributed by atoms with E-state index in [0.717, 1.165) is 62.7 Å². The number of pyridine rings is 1. The van der Waals surface area contributed by atoms with E-state index in [0.29, 0.717) is 18.3 Å². The van der Waals surface area contributed by atoms with Crippen molar-refractivity contribution in [3.63, 3.8) is 0 Å². The van der Waals surface area contributed by atoms with Crippen molar-refractivity contribution in [2.75, 3.05) is 11.9 Å². The van der Waals surface area contributed by atoms with E-state index in [1.54, 1.807) is 4.90 Å². The van der Waals surface area contributed by atoms with Gasteiger partial charge in [0.2, 0.25) is 0 Å². The van der Waals surface area contributed by atoms with Crippen LogP contribution in [0.4, 0.5) is 14.6 Å². The van der Waals surface area contributed by atoms with Crippen LogP contribution in [0.25, 0.3) is 10.4 Å². The Labute approximate surface area is 214 Å². The predicted octanol–water partition coefficient (Wildman–Crippen LogP) is 5.65. The molecule has 0 aromatic carbocycles. The molecule has 2 amide bonds. The summed E-state index contributed by atoms with van der Waals surface area (Å²) in [6, 6.07) is 1.72. The number of carbonyl (C=O) groups is 2. The van der Waals surface area contributed by atoms with Crippen molar-refractivity contribution in [1.82, 2.24) is 20.2 Å². The molecule has 3 aliphatic rings. The molecule has 1 atom stereocenters. The lowest BCUT2D eigenvalue weighted by molar-refractivity contribution is 0.0743. The Kier molecular flexibility index (Phi) is 7.23. The number of aromatic nitrogens is 2. The van der Waals surface area contributed by atoms with Crippen molar-refractivity contribution in [2.24, 2.45) is 5.92 Å². The molecule has 2 N–H and O–H groups in total. The number of carbonyl (C=O) groups excluding carboxylic acids is 2. The van der Waals surface area contributed by atoms with Crippen LogP contribution in [0.15, 0.2) is 12.3 Å². The smallest absolute Gasteiger partial charge is 0.280 e. The topological polar surface area (TPSA) is 87.2 Å². The third-order valence-electron chi connectivity index (χ3n) is 7.67. The maximum absolute atomic E-state index is 14.3. The average molecular weight is 518 g/mol. The summed E-state index contributed by atoms with van der Waals surface area (Å²) in [5, 5.41) is 6.36. The number of likely N-dealkylation sites (tertiary alicyclic amines) is 1. The fourth-order valence-electron chi connectivity index (χ4n) is 5.58. The van der Waals surface area contributed by atoms with Gasteiger partial charge in [0.05, 0.1) is 4.88 Å². The molecule has 3 fully saturated rings. The minimum atomic E-state index is -2.77. The lowest BCUT2D eigenvalue weighted by Gasteiger charge is -2.32. The van der Waals surface area contributed by atoms with Crippen molar-refractivity contribution in [2.45, 2.75) is 89.8 Å². The number of rotatable bonds is 7. The highest BCUT2D eigenvalue weighted by Gasteiger charge is 2.34. The highest BCUT2D eigenvalue weighted by Crippen LogP contribution is 2.39. The van der Waals surface area contributed by atoms with Gasteiger partial charge >= 0.3 is 0 Å². The zero-order chi connectivity index (χ0) is 25.4. The highest BCUT2D eigenvalue weighted by molar-refractivity contribution is 7.17. The predicted molar refractivity (Wildman–Crippen MR) is 136 cm³/mol. The lowest BCUT2D eigenvalue weighted by atomic mass is 9.82. The van der Waals surface area contributed by atoms with E-state index in [-0.39, 0.29) is 56.6 Å². The van der Waals surface area contributed by atoms with Crippen molar-refractivity contribution in [1.29, 1.82) is 0 Å². The number of thiazole rings is 1. The summed E-state index contributed by atoms with van der Waals surface area (Å²) in [6.45, 7) is 4.68. The summed E-state index contributed by atoms with van der Waals surface area (Å²) in [4.78, 5) is 37.3. The van der Waals surface area contributed by atoms with Crippen molar-refractivity contribution in [3.05, 3.63) is 28.5 Å². The zero-order valence-electron chi connectivity index (χ0n) is 20.7. The molecule has 10 heteroatoms. The maximum Gasteiger partial charge on any atom is 0.280 e. The van der Waals surface area contributed by atoms with Gasteiger partial charge in [-0.15, -0.1) is 11.3 Å². The molecule has 3 heterocycles. The van der Waals surface area contributed by atoms with Crippen LogP contribution in [0.1, 0.15) is 97.5 Å². The molecule has 1 saturated heterocycles. The number of nitrogens with zero attached hydrogens (tertiary/aromatic N) is 3. The number of hydrogen-bond acceptors (Lipinski definition) is 6. The van der Waals surface area contributed by atoms with E-state index in [4.69, 9.17) is 0 Å². The second-order valence-electron chi connectivity index (χ2n) is 10.5. The Morgan fingerprint density at radius 3 is 2.50 bits per heavy atom. The zero-order valence-corrected chi connectivity index (χ0v) is 21.5. The number of alkyl halides is 2. The minimum absolute atomic E-state index is 0.0338. The first-order valence-corrected chi connectivity index (χ1v) is 13.8. The first-order chi connectivity index (χ1) is 17.3. The number of amides is 2. The Bertz CT molecular complexity index is 1130. The van der Waals surface area contributed by atoms with Gasteiger partial charge in [-0.3, -0.25) is 9.59 Å². The number of nitrogens with one attached hydrogen (secondary N) is 2. The SMILES string of the molecule is CC1CC(NC(=O)c2nc(C(=O)N3CCC[C@@H]3C)c(-c3cnc(NC4CCCC4)cc3C(F)F)s2)C1. The molecular weight excluding hydrogens is 484 g/mol. The van der Waals surface area contributed by atoms with Gasteiger partial charge in [0.1, 0.15) is 11.5 Å². The fraction of sp³-hybridized carbons (Fsp3) is 0.615. The van der Waals surface area contributed by atoms with Crippen LogP contribution in [0.2, 0.25) is 0 Å². The normalized spacial score (nSPS) is 24.2. The summed E-state index contributed by atoms with van der Waals surface area (Å²) in [5.74, 6) is 0.282. The summed E-state index contributed by atoms with van der Waals surface area (Å²) < 4.78 is 28.6. The van der Waals surface area contributed by atoms with Gasteiger partial charge < -0.3 is 15.5 Å². The summed E-state index contributed by atoms with van der Waals surface area (Å²) in [5.41, 5.74) is 0.00418. The fourth-order valence-corrected chi connectivity index (χ4v) is 6.57. The van der Waals surface area contributed by atoms with E-state index < -0.39 is 6.43 Å². The monoisotopic (exact) mass is 517 g/mol. The van der Waals surface area contributed by atoms with Crippen LogP contribution in [0, 0.1) is 5.92 Å². The maximum atomic E-state index is 14.3. The Balaban J connectivity index is 1.50. The molecule has 36 heavy (non-hydrogen) atoms. The number of anilines is 1. The molecule has 2 aromatic rings. The van der Waals surface area contributed by atoms with Gasteiger partial charge in [-0.2, -0.15) is 0 Å². The molecule has 0 bridgehead atoms. The van der Waals surface area contributed by atoms with E-state index in [1.165, 1.54) is 12.3 Å². The molecular formula is C26H33F2N5O2S. The summed E-state index contributed by atoms with van der Waals surface area (Å²) in [6.07, 6.45) is 6.40. The molecule has 2 saturated carbocycles. The lowest BCUT2D eigenvalue weighted by Crippen LogP contribution is -2.43. The van der Waals surface area contributed by atoms with E-state index in [9.17, 15) is 18.4 Å². The van der Waals surface area contributed by atoms with E-state index in [1.807, 2.05) is 6.92 Å². The number of hydrogen-bond donors (Lipinski definition) is 2. The molecule has 0 spiro atoms. The third-order valence-corrected chi connectivity index (χ3v) is 8.76. The molecule has 5 rings (SSSR count). The summed E-state index contributed by atoms with van der Waals surface area (Å²) >= 11 is 0.992. The van der Waals surface area contributed by atoms with Crippen LogP contribution in [-0.4, -0.2) is 51.4 Å². The molecule has 0 unspecified atom stereocenters. The molecule has 7 nitrogen and oxygen atoms in total. The Hall–Kier alpha value is -2.62. The number of halogens is 2. The summed E-state index contributed by atoms with van der Waals surface area (Å²) in [7, 11) is 0. The quantitative estimate of drug-likeness (QED) is 0.496. The van der Waals surface area contributed by atoms with Crippen molar-refractivity contribution >= 4 is 29.0 Å². The van der Waals surface area contributed by atoms with Crippen LogP contribution >= 0.6 is 11.3 Å². The molecule has 2 aromatic heterocycles. The van der Waals surface area contributed by atoms with Crippen molar-refractivity contribution in [3.8, 4) is 10.4 Å². The standard InChI is InChI=1S/C26H33F2N5O2S/c1-14-10-17(11-14)31-24(34)25-32-21(26(35)33-9-5-6-15(33)2)22(36-25)19-13-29-20(12-18(19)23(27)28)30-16-7-3-4-8-16/h12-17,23H,3-11H2,1-2H3,(H,29,30)(H,31,34)/t14?,15-,17?/m0/s1. The first kappa shape index (κ1) is 25.0. The van der Waals surface area contributed by atoms with Gasteiger partial charge in [-0.25, -0.2) is 18.7 Å². The van der Waals surface area contributed by atoms with Crippen LogP contribution in [-0.2, 0) is 0 Å². The van der Waals surface area contributed by atoms with Gasteiger partial charge in [0.15, 0.2) is 5.01 Å². The Morgan fingerprint density at radius 1 is 1.11 bits per heavy atom. The van der Waals surface area contributed by atoms with Crippen LogP contribution in [0.3, 0.4) is 0 Å². The van der Waals surface area contributed by atoms with Gasteiger partial charge in [-0.05, 0) is 57.4 Å². The minimum Gasteiger partial charge on any atom is -0.367 e. The first-order valence-electron chi connectivity index (χ1n) is 13.0. The van der Waals surface area contributed by atoms with Crippen LogP contribution in [0.5, 0.6) is 0 Å². The van der Waals surface area contributed by atoms with Gasteiger partial charge in [-0.1, -0.05) is 19.8 Å². The molecule has 1 aliphatic heterocycles. The van der Waals surface area contributed by atoms with E-state index in [2.05, 4.69) is 27.5 Å². The third kappa shape index (κ3) is 5.10. The van der Waals surface area contributed by atoms with Gasteiger partial charge in [0, 0.05) is 42.0 Å². The molecule has 2 aliphatic carbocycles. The van der Waals surface area contributed by atoms with Gasteiger partial charge in [0.25, 0.3) is 18.2 Å². The van der Waals surface area contributed by atoms with Crippen LogP contribution < -0.4 is 10.6 Å². The molecule has 0 radical (unpaired) electrons. The second kappa shape index (κ2) is 10.4. The average Bonchev–Trinajstić information content (AvgIpc) is 3.58. The van der Waals surface area contributed by atoms with Crippen molar-refractivity contribution < 1.29 is 18.4 Å². The second-order valence-corrected chi connectivity index (χ2v) is 11.5. The Morgan fingerprint density at radius 2 is 1.86 bits per heavy atom. The largest absolute Gasteiger partial charge is 0.367 e. The van der Waals surface area contributed by atoms with E-state index >= 15 is 0 Å².